The Bertz CT molecular complexity index is 995. The summed E-state index contributed by atoms with van der Waals surface area (Å²) in [6.45, 7) is 3.45. The van der Waals surface area contributed by atoms with Gasteiger partial charge in [0.1, 0.15) is 18.2 Å². The highest BCUT2D eigenvalue weighted by Crippen LogP contribution is 2.42. The molecule has 3 aliphatic rings. The highest BCUT2D eigenvalue weighted by atomic mass is 16.5. The van der Waals surface area contributed by atoms with Gasteiger partial charge in [0.25, 0.3) is 5.91 Å². The van der Waals surface area contributed by atoms with Gasteiger partial charge in [-0.15, -0.1) is 0 Å². The second kappa shape index (κ2) is 7.27. The van der Waals surface area contributed by atoms with E-state index in [1.54, 1.807) is 0 Å². The zero-order valence-corrected chi connectivity index (χ0v) is 17.3. The summed E-state index contributed by atoms with van der Waals surface area (Å²) in [6, 6.07) is 7.93. The quantitative estimate of drug-likeness (QED) is 0.784. The molecule has 1 aromatic heterocycles. The summed E-state index contributed by atoms with van der Waals surface area (Å²) >= 11 is 0. The van der Waals surface area contributed by atoms with Crippen LogP contribution in [0.5, 0.6) is 5.75 Å². The van der Waals surface area contributed by atoms with Gasteiger partial charge < -0.3 is 29.2 Å². The molecule has 2 aromatic rings. The van der Waals surface area contributed by atoms with E-state index in [0.717, 1.165) is 48.7 Å². The highest BCUT2D eigenvalue weighted by Gasteiger charge is 2.34. The minimum atomic E-state index is -0.264. The molecule has 1 atom stereocenters. The maximum absolute atomic E-state index is 12.8. The van der Waals surface area contributed by atoms with Crippen molar-refractivity contribution in [2.24, 2.45) is 0 Å². The molecule has 0 bridgehead atoms. The molecule has 0 aliphatic carbocycles. The van der Waals surface area contributed by atoms with Crippen LogP contribution < -0.4 is 14.5 Å². The molecule has 8 nitrogen and oxygen atoms in total. The van der Waals surface area contributed by atoms with Gasteiger partial charge in [0.2, 0.25) is 0 Å². The van der Waals surface area contributed by atoms with Crippen LogP contribution in [-0.2, 0) is 9.53 Å². The summed E-state index contributed by atoms with van der Waals surface area (Å²) in [5, 5.41) is 0. The molecule has 4 heterocycles. The molecule has 8 heteroatoms. The second-order valence-corrected chi connectivity index (χ2v) is 8.09. The first-order chi connectivity index (χ1) is 14.6. The number of nitrogens with one attached hydrogen (secondary N) is 1. The second-order valence-electron chi connectivity index (χ2n) is 8.09. The number of likely N-dealkylation sites (N-methyl/N-ethyl adjacent to an activating group) is 1. The van der Waals surface area contributed by atoms with Crippen LogP contribution >= 0.6 is 0 Å². The largest absolute Gasteiger partial charge is 0.488 e. The van der Waals surface area contributed by atoms with Crippen LogP contribution in [0.25, 0.3) is 0 Å². The van der Waals surface area contributed by atoms with Crippen molar-refractivity contribution in [3.05, 3.63) is 35.5 Å². The van der Waals surface area contributed by atoms with Gasteiger partial charge in [0.15, 0.2) is 11.6 Å². The average Bonchev–Trinajstić information content (AvgIpc) is 3.51. The number of benzene rings is 1. The predicted octanol–water partition coefficient (Wildman–Crippen LogP) is 2.49. The number of nitrogens with zero attached hydrogens (tertiary/aromatic N) is 3. The molecule has 3 aliphatic heterocycles. The SMILES string of the molecule is COC(=O)C1CN(C)c2cc(N3CCOc4cc(C(=O)N5CCCC5)[nH]c43)ccc21. The van der Waals surface area contributed by atoms with Crippen molar-refractivity contribution >= 4 is 29.1 Å². The van der Waals surface area contributed by atoms with Gasteiger partial charge in [-0.2, -0.15) is 0 Å². The Morgan fingerprint density at radius 1 is 1.17 bits per heavy atom. The molecule has 1 saturated heterocycles. The van der Waals surface area contributed by atoms with E-state index in [2.05, 4.69) is 20.9 Å². The monoisotopic (exact) mass is 410 g/mol. The number of fused-ring (bicyclic) bond motifs is 2. The van der Waals surface area contributed by atoms with Crippen molar-refractivity contribution in [3.63, 3.8) is 0 Å². The normalized spacial score (nSPS) is 20.1. The third-order valence-electron chi connectivity index (χ3n) is 6.28. The Morgan fingerprint density at radius 3 is 2.73 bits per heavy atom. The van der Waals surface area contributed by atoms with E-state index >= 15 is 0 Å². The van der Waals surface area contributed by atoms with E-state index in [1.165, 1.54) is 7.11 Å². The number of H-pyrrole nitrogens is 1. The van der Waals surface area contributed by atoms with Gasteiger partial charge in [-0.1, -0.05) is 6.07 Å². The van der Waals surface area contributed by atoms with Crippen LogP contribution in [0.4, 0.5) is 17.2 Å². The average molecular weight is 410 g/mol. The van der Waals surface area contributed by atoms with E-state index < -0.39 is 0 Å². The highest BCUT2D eigenvalue weighted by molar-refractivity contribution is 5.95. The Labute approximate surface area is 175 Å². The summed E-state index contributed by atoms with van der Waals surface area (Å²) in [5.74, 6) is 1.05. The van der Waals surface area contributed by atoms with Crippen molar-refractivity contribution in [2.45, 2.75) is 18.8 Å². The third-order valence-corrected chi connectivity index (χ3v) is 6.28. The number of amides is 1. The van der Waals surface area contributed by atoms with Crippen molar-refractivity contribution in [1.82, 2.24) is 9.88 Å². The Balaban J connectivity index is 1.46. The van der Waals surface area contributed by atoms with Gasteiger partial charge >= 0.3 is 5.97 Å². The molecule has 158 valence electrons. The number of aromatic amines is 1. The van der Waals surface area contributed by atoms with Gasteiger partial charge in [0.05, 0.1) is 13.7 Å². The van der Waals surface area contributed by atoms with Crippen molar-refractivity contribution in [3.8, 4) is 5.75 Å². The standard InChI is InChI=1S/C22H26N4O4/c1-24-13-16(22(28)29-2)15-6-5-14(11-18(15)24)26-9-10-30-19-12-17(23-20(19)26)21(27)25-7-3-4-8-25/h5-6,11-12,16,23H,3-4,7-10,13H2,1-2H3. The molecule has 1 N–H and O–H groups in total. The maximum atomic E-state index is 12.8. The van der Waals surface area contributed by atoms with Gasteiger partial charge in [-0.05, 0) is 30.5 Å². The Hall–Kier alpha value is -3.16. The van der Waals surface area contributed by atoms with Crippen molar-refractivity contribution < 1.29 is 19.1 Å². The molecular weight excluding hydrogens is 384 g/mol. The number of aromatic nitrogens is 1. The lowest BCUT2D eigenvalue weighted by Gasteiger charge is -2.29. The topological polar surface area (TPSA) is 78.1 Å². The molecule has 1 unspecified atom stereocenters. The number of rotatable bonds is 3. The summed E-state index contributed by atoms with van der Waals surface area (Å²) in [7, 11) is 3.41. The predicted molar refractivity (Wildman–Crippen MR) is 113 cm³/mol. The van der Waals surface area contributed by atoms with E-state index in [-0.39, 0.29) is 17.8 Å². The first kappa shape index (κ1) is 18.8. The molecule has 5 rings (SSSR count). The molecule has 30 heavy (non-hydrogen) atoms. The van der Waals surface area contributed by atoms with Crippen molar-refractivity contribution in [1.29, 1.82) is 0 Å². The zero-order valence-electron chi connectivity index (χ0n) is 17.3. The Kier molecular flexibility index (Phi) is 4.56. The number of carbonyl (C=O) groups is 2. The number of methoxy groups -OCH3 is 1. The Morgan fingerprint density at radius 2 is 1.97 bits per heavy atom. The van der Waals surface area contributed by atoms with Gasteiger partial charge in [-0.3, -0.25) is 9.59 Å². The molecular formula is C22H26N4O4. The lowest BCUT2D eigenvalue weighted by atomic mass is 10.0. The van der Waals surface area contributed by atoms with Gasteiger partial charge in [-0.25, -0.2) is 0 Å². The lowest BCUT2D eigenvalue weighted by molar-refractivity contribution is -0.142. The van der Waals surface area contributed by atoms with Crippen LogP contribution in [-0.4, -0.2) is 68.7 Å². The number of carbonyl (C=O) groups excluding carboxylic acids is 2. The molecule has 1 fully saturated rings. The zero-order chi connectivity index (χ0) is 20.8. The molecule has 0 radical (unpaired) electrons. The fraction of sp³-hybridized carbons (Fsp3) is 0.455. The first-order valence-corrected chi connectivity index (χ1v) is 10.4. The molecule has 1 aromatic carbocycles. The van der Waals surface area contributed by atoms with Crippen molar-refractivity contribution in [2.75, 3.05) is 56.7 Å². The minimum absolute atomic E-state index is 0.0278. The van der Waals surface area contributed by atoms with Crippen LogP contribution in [0, 0.1) is 0 Å². The third kappa shape index (κ3) is 2.98. The molecule has 1 amide bonds. The van der Waals surface area contributed by atoms with E-state index in [0.29, 0.717) is 31.1 Å². The van der Waals surface area contributed by atoms with E-state index in [9.17, 15) is 9.59 Å². The summed E-state index contributed by atoms with van der Waals surface area (Å²) in [4.78, 5) is 34.3. The number of hydrogen-bond acceptors (Lipinski definition) is 6. The van der Waals surface area contributed by atoms with Crippen LogP contribution in [0.1, 0.15) is 34.8 Å². The first-order valence-electron chi connectivity index (χ1n) is 10.4. The van der Waals surface area contributed by atoms with E-state index in [1.807, 2.05) is 30.1 Å². The smallest absolute Gasteiger partial charge is 0.315 e. The molecule has 0 saturated carbocycles. The number of esters is 1. The van der Waals surface area contributed by atoms with Gasteiger partial charge in [0, 0.05) is 44.1 Å². The summed E-state index contributed by atoms with van der Waals surface area (Å²) < 4.78 is 10.8. The van der Waals surface area contributed by atoms with Crippen LogP contribution in [0.3, 0.4) is 0 Å². The summed E-state index contributed by atoms with van der Waals surface area (Å²) in [6.07, 6.45) is 2.12. The number of ether oxygens (including phenoxy) is 2. The molecule has 0 spiro atoms. The maximum Gasteiger partial charge on any atom is 0.315 e. The number of likely N-dealkylation sites (tertiary alicyclic amines) is 1. The summed E-state index contributed by atoms with van der Waals surface area (Å²) in [5.41, 5.74) is 3.57. The van der Waals surface area contributed by atoms with Crippen LogP contribution in [0.15, 0.2) is 24.3 Å². The number of hydrogen-bond donors (Lipinski definition) is 1. The fourth-order valence-electron chi connectivity index (χ4n) is 4.70. The minimum Gasteiger partial charge on any atom is -0.488 e. The van der Waals surface area contributed by atoms with Crippen LogP contribution in [0.2, 0.25) is 0 Å². The fourth-order valence-corrected chi connectivity index (χ4v) is 4.70. The number of anilines is 3. The van der Waals surface area contributed by atoms with E-state index in [4.69, 9.17) is 9.47 Å². The lowest BCUT2D eigenvalue weighted by Crippen LogP contribution is -2.29.